The number of halogens is 1. The van der Waals surface area contributed by atoms with Gasteiger partial charge in [0.1, 0.15) is 42.6 Å². The summed E-state index contributed by atoms with van der Waals surface area (Å²) in [5.41, 5.74) is 2.72. The Kier molecular flexibility index (Phi) is 19.3. The molecule has 8 fully saturated rings. The molecule has 19 atom stereocenters. The van der Waals surface area contributed by atoms with E-state index in [9.17, 15) is 22.6 Å². The van der Waals surface area contributed by atoms with Gasteiger partial charge in [0.2, 0.25) is 0 Å². The summed E-state index contributed by atoms with van der Waals surface area (Å²) in [6, 6.07) is 0. The molecule has 9 rings (SSSR count). The van der Waals surface area contributed by atoms with Crippen molar-refractivity contribution in [2.24, 2.45) is 17.8 Å². The summed E-state index contributed by atoms with van der Waals surface area (Å²) in [5.74, 6) is -2.06. The molecule has 15 nitrogen and oxygen atoms in total. The predicted octanol–water partition coefficient (Wildman–Crippen LogP) is 11.1. The third-order valence-electron chi connectivity index (χ3n) is 20.0. The molecule has 8 heterocycles. The summed E-state index contributed by atoms with van der Waals surface area (Å²) >= 11 is 3.59. The fourth-order valence-corrected chi connectivity index (χ4v) is 17.5. The second kappa shape index (κ2) is 24.0. The Balaban J connectivity index is 1.04. The largest absolute Gasteiger partial charge is 0.414 e. The number of rotatable bonds is 24. The van der Waals surface area contributed by atoms with Gasteiger partial charge < -0.3 is 51.5 Å². The van der Waals surface area contributed by atoms with Crippen molar-refractivity contribution in [3.63, 3.8) is 0 Å². The van der Waals surface area contributed by atoms with E-state index in [1.807, 2.05) is 19.1 Å². The second-order valence-corrected chi connectivity index (χ2v) is 39.3. The normalized spacial score (nSPS) is 38.8. The third kappa shape index (κ3) is 12.4. The number of ketones is 1. The zero-order valence-corrected chi connectivity index (χ0v) is 53.5. The van der Waals surface area contributed by atoms with Gasteiger partial charge >= 0.3 is 0 Å². The molecule has 0 aromatic rings. The SMILES string of the molecule is C=CCC(CCBr)C1=C[C@]([C@]23C[C@H]4O[C@H]5[C@@H](O2)[C@H]2O[C@@H](CC(=O)C[C@@H]6[C@@H](OC)[C@@H](C[C@@H](CO[Si](C)(C)C(C)(C)C)O[Si](C)(C)C(C)(C)C)O[C@H]6C[C@H]6O[C@@H](CCC=O)C[C@@H](C)C6=C)CC[C@@H]2O[C@H]5[C@H]4O3)(S(=O)(=O)O)CC=C1C. The maximum Gasteiger partial charge on any atom is 0.280 e. The van der Waals surface area contributed by atoms with Crippen LogP contribution in [0.3, 0.4) is 0 Å². The lowest BCUT2D eigenvalue weighted by atomic mass is 9.77. The first kappa shape index (κ1) is 62.8. The molecule has 442 valence electrons. The van der Waals surface area contributed by atoms with E-state index in [4.69, 9.17) is 46.7 Å². The highest BCUT2D eigenvalue weighted by molar-refractivity contribution is 9.09. The number of carbonyl (C=O) groups excluding carboxylic acids is 2. The number of aldehydes is 1. The Morgan fingerprint density at radius 1 is 0.923 bits per heavy atom. The van der Waals surface area contributed by atoms with Gasteiger partial charge in [0.05, 0.1) is 61.5 Å². The lowest BCUT2D eigenvalue weighted by molar-refractivity contribution is -0.296. The number of alkyl halides is 1. The maximum atomic E-state index is 14.9. The average molecular weight is 1210 g/mol. The smallest absolute Gasteiger partial charge is 0.280 e. The van der Waals surface area contributed by atoms with Crippen LogP contribution in [0.4, 0.5) is 0 Å². The van der Waals surface area contributed by atoms with E-state index >= 15 is 0 Å². The molecule has 0 spiro atoms. The Morgan fingerprint density at radius 2 is 1.60 bits per heavy atom. The molecule has 6 bridgehead atoms. The number of carbonyl (C=O) groups is 2. The summed E-state index contributed by atoms with van der Waals surface area (Å²) in [6.45, 7) is 35.5. The van der Waals surface area contributed by atoms with Crippen molar-refractivity contribution in [3.05, 3.63) is 48.1 Å². The fraction of sp³-hybridized carbons (Fsp3) is 0.831. The maximum absolute atomic E-state index is 14.9. The monoisotopic (exact) mass is 1210 g/mol. The number of hydrogen-bond acceptors (Lipinski definition) is 14. The van der Waals surface area contributed by atoms with Crippen LogP contribution < -0.4 is 0 Å². The fourth-order valence-electron chi connectivity index (χ4n) is 13.4. The van der Waals surface area contributed by atoms with Crippen LogP contribution in [-0.2, 0) is 66.5 Å². The molecule has 0 radical (unpaired) electrons. The van der Waals surface area contributed by atoms with Crippen LogP contribution in [0.5, 0.6) is 0 Å². The van der Waals surface area contributed by atoms with Gasteiger partial charge in [-0.05, 0) is 111 Å². The summed E-state index contributed by atoms with van der Waals surface area (Å²) in [4.78, 5) is 26.4. The minimum Gasteiger partial charge on any atom is -0.414 e. The van der Waals surface area contributed by atoms with Crippen molar-refractivity contribution in [1.29, 1.82) is 0 Å². The molecule has 9 aliphatic rings. The Labute approximate surface area is 477 Å². The van der Waals surface area contributed by atoms with Gasteiger partial charge in [0, 0.05) is 56.9 Å². The van der Waals surface area contributed by atoms with E-state index in [0.29, 0.717) is 56.9 Å². The van der Waals surface area contributed by atoms with Gasteiger partial charge in [-0.3, -0.25) is 9.35 Å². The average Bonchev–Trinajstić information content (AvgIpc) is 4.05. The summed E-state index contributed by atoms with van der Waals surface area (Å²) in [5, 5.41) is 0.635. The van der Waals surface area contributed by atoms with Crippen LogP contribution in [0.2, 0.25) is 36.3 Å². The molecular formula is C59H95BrO15SSi2. The van der Waals surface area contributed by atoms with Crippen molar-refractivity contribution in [2.75, 3.05) is 19.0 Å². The highest BCUT2D eigenvalue weighted by Crippen LogP contribution is 2.60. The van der Waals surface area contributed by atoms with E-state index < -0.39 is 104 Å². The van der Waals surface area contributed by atoms with Crippen LogP contribution in [0, 0.1) is 17.8 Å². The highest BCUT2D eigenvalue weighted by Gasteiger charge is 2.76. The number of methoxy groups -OCH3 is 1. The molecule has 0 aromatic heterocycles. The third-order valence-corrected chi connectivity index (χ3v) is 31.0. The molecule has 1 N–H and O–H groups in total. The molecule has 1 aliphatic carbocycles. The first-order chi connectivity index (χ1) is 36.4. The van der Waals surface area contributed by atoms with Crippen LogP contribution in [0.1, 0.15) is 139 Å². The van der Waals surface area contributed by atoms with E-state index in [1.54, 1.807) is 13.2 Å². The molecular weight excluding hydrogens is 1120 g/mol. The first-order valence-corrected chi connectivity index (χ1v) is 37.5. The van der Waals surface area contributed by atoms with Crippen molar-refractivity contribution in [3.8, 4) is 0 Å². The Morgan fingerprint density at radius 3 is 2.24 bits per heavy atom. The van der Waals surface area contributed by atoms with Gasteiger partial charge in [-0.15, -0.1) is 6.58 Å². The van der Waals surface area contributed by atoms with Crippen molar-refractivity contribution in [2.45, 2.75) is 271 Å². The molecule has 8 aliphatic heterocycles. The molecule has 78 heavy (non-hydrogen) atoms. The van der Waals surface area contributed by atoms with E-state index in [2.05, 4.69) is 104 Å². The predicted molar refractivity (Wildman–Crippen MR) is 308 cm³/mol. The second-order valence-electron chi connectivity index (χ2n) is 27.2. The van der Waals surface area contributed by atoms with Gasteiger partial charge in [-0.1, -0.05) is 94.8 Å². The van der Waals surface area contributed by atoms with Gasteiger partial charge in [-0.2, -0.15) is 8.42 Å². The number of hydrogen-bond donors (Lipinski definition) is 1. The van der Waals surface area contributed by atoms with Crippen molar-refractivity contribution >= 4 is 54.8 Å². The zero-order valence-electron chi connectivity index (χ0n) is 49.1. The van der Waals surface area contributed by atoms with E-state index in [-0.39, 0.29) is 77.6 Å². The topological polar surface area (TPSA) is 181 Å². The molecule has 1 unspecified atom stereocenters. The van der Waals surface area contributed by atoms with Crippen LogP contribution in [0.15, 0.2) is 48.1 Å². The Bertz CT molecular complexity index is 2370. The lowest BCUT2D eigenvalue weighted by Gasteiger charge is -2.49. The minimum absolute atomic E-state index is 0.00235. The number of ether oxygens (including phenoxy) is 8. The Hall–Kier alpha value is -1.28. The summed E-state index contributed by atoms with van der Waals surface area (Å²) in [7, 11) is -7.67. The number of allylic oxidation sites excluding steroid dienone is 4. The molecule has 0 aromatic carbocycles. The number of Topliss-reactive ketones (excluding diaryl/α,β-unsaturated/α-hetero) is 1. The highest BCUT2D eigenvalue weighted by atomic mass is 79.9. The zero-order chi connectivity index (χ0) is 57.1. The summed E-state index contributed by atoms with van der Waals surface area (Å²) < 4.78 is 107. The van der Waals surface area contributed by atoms with Crippen LogP contribution >= 0.6 is 15.9 Å². The van der Waals surface area contributed by atoms with E-state index in [1.165, 1.54) is 0 Å². The van der Waals surface area contributed by atoms with Crippen LogP contribution in [0.25, 0.3) is 0 Å². The molecule has 0 amide bonds. The van der Waals surface area contributed by atoms with E-state index in [0.717, 1.165) is 35.8 Å². The molecule has 19 heteroatoms. The first-order valence-electron chi connectivity index (χ1n) is 29.1. The molecule has 0 saturated carbocycles. The summed E-state index contributed by atoms with van der Waals surface area (Å²) in [6.07, 6.45) is 5.12. The van der Waals surface area contributed by atoms with Crippen LogP contribution in [-0.4, -0.2) is 157 Å². The van der Waals surface area contributed by atoms with Gasteiger partial charge in [0.25, 0.3) is 10.1 Å². The number of fused-ring (bicyclic) bond motifs is 1. The van der Waals surface area contributed by atoms with Crippen molar-refractivity contribution in [1.82, 2.24) is 0 Å². The molecule has 8 saturated heterocycles. The van der Waals surface area contributed by atoms with Gasteiger partial charge in [-0.25, -0.2) is 0 Å². The standard InChI is InChI=1S/C59H95BrO15SSi2/c1-16-18-38(23-25-60)44-32-58(76(63,64)65,24-22-35(44)2)59-33-49-52(73-59)53-54(72-49)55(74-59)51-45(71-53)21-20-41(69-51)28-39(62)29-43-47(31-46-37(4)36(3)27-40(68-46)19-17-26-61)70-48(50(43)66-11)30-42(75-78(14,15)57(8,9)10)34-67-77(12,13)56(5,6)7/h16,22,26,32,36,38,40-43,45-55H,1,4,17-21,23-25,27-31,33-34H2,2-3,5-15H3,(H,63,64,65)/t36-,38?,40+,41-,42+,43+,45+,46-,47+,48-,49-,50-,51+,52+,53+,54-,55+,58-,59+/m1/s1. The minimum atomic E-state index is -4.89. The van der Waals surface area contributed by atoms with Gasteiger partial charge in [0.15, 0.2) is 27.2 Å². The van der Waals surface area contributed by atoms with Crippen molar-refractivity contribution < 1.29 is 69.3 Å². The lowest BCUT2D eigenvalue weighted by Crippen LogP contribution is -2.65. The quantitative estimate of drug-likeness (QED) is 0.0317.